The first kappa shape index (κ1) is 23.8. The zero-order valence-corrected chi connectivity index (χ0v) is 18.2. The number of aryl methyl sites for hydroxylation is 1. The highest BCUT2D eigenvalue weighted by atomic mass is 127. The van der Waals surface area contributed by atoms with Crippen molar-refractivity contribution in [3.05, 3.63) is 23.7 Å². The number of unbranched alkanes of at least 4 members (excludes halogenated alkanes) is 1. The van der Waals surface area contributed by atoms with E-state index in [1.807, 2.05) is 6.92 Å². The molecular formula is C18H33IN4O2. The Morgan fingerprint density at radius 3 is 2.32 bits per heavy atom. The number of hydrogen-bond donors (Lipinski definition) is 3. The summed E-state index contributed by atoms with van der Waals surface area (Å²) in [6.07, 6.45) is 6.00. The summed E-state index contributed by atoms with van der Waals surface area (Å²) < 4.78 is 5.16. The van der Waals surface area contributed by atoms with Gasteiger partial charge in [-0.3, -0.25) is 9.79 Å². The highest BCUT2D eigenvalue weighted by molar-refractivity contribution is 14.0. The number of nitrogens with zero attached hydrogens (tertiary/aromatic N) is 1. The van der Waals surface area contributed by atoms with Gasteiger partial charge in [-0.25, -0.2) is 0 Å². The van der Waals surface area contributed by atoms with E-state index in [9.17, 15) is 4.79 Å². The molecule has 0 aliphatic heterocycles. The van der Waals surface area contributed by atoms with Crippen molar-refractivity contribution >= 4 is 35.8 Å². The summed E-state index contributed by atoms with van der Waals surface area (Å²) in [4.78, 5) is 16.1. The fourth-order valence-corrected chi connectivity index (χ4v) is 2.29. The van der Waals surface area contributed by atoms with Crippen molar-refractivity contribution in [1.82, 2.24) is 16.0 Å². The SMILES string of the molecule is CN=C(NCCCCC(C)C)NCCCNC(=O)c1occc1C.I. The van der Waals surface area contributed by atoms with Crippen LogP contribution in [0.4, 0.5) is 0 Å². The molecular weight excluding hydrogens is 431 g/mol. The van der Waals surface area contributed by atoms with E-state index in [4.69, 9.17) is 4.42 Å². The summed E-state index contributed by atoms with van der Waals surface area (Å²) >= 11 is 0. The maximum absolute atomic E-state index is 11.9. The third kappa shape index (κ3) is 10.4. The minimum absolute atomic E-state index is 0. The van der Waals surface area contributed by atoms with E-state index in [1.54, 1.807) is 13.1 Å². The predicted molar refractivity (Wildman–Crippen MR) is 114 cm³/mol. The molecule has 7 heteroatoms. The van der Waals surface area contributed by atoms with Crippen molar-refractivity contribution in [2.45, 2.75) is 46.5 Å². The van der Waals surface area contributed by atoms with Crippen molar-refractivity contribution in [1.29, 1.82) is 0 Å². The van der Waals surface area contributed by atoms with Crippen LogP contribution >= 0.6 is 24.0 Å². The largest absolute Gasteiger partial charge is 0.459 e. The van der Waals surface area contributed by atoms with Gasteiger partial charge in [0.1, 0.15) is 0 Å². The number of rotatable bonds is 10. The number of nitrogens with one attached hydrogen (secondary N) is 3. The van der Waals surface area contributed by atoms with Gasteiger partial charge in [0.15, 0.2) is 11.7 Å². The summed E-state index contributed by atoms with van der Waals surface area (Å²) in [5, 5.41) is 9.42. The van der Waals surface area contributed by atoms with E-state index in [0.717, 1.165) is 43.4 Å². The summed E-state index contributed by atoms with van der Waals surface area (Å²) in [7, 11) is 1.77. The Bertz CT molecular complexity index is 515. The van der Waals surface area contributed by atoms with Crippen molar-refractivity contribution in [3.63, 3.8) is 0 Å². The topological polar surface area (TPSA) is 78.7 Å². The molecule has 1 rings (SSSR count). The van der Waals surface area contributed by atoms with Crippen molar-refractivity contribution < 1.29 is 9.21 Å². The van der Waals surface area contributed by atoms with E-state index in [-0.39, 0.29) is 29.9 Å². The standard InChI is InChI=1S/C18H32N4O2.HI/c1-14(2)8-5-6-10-21-18(19-4)22-12-7-11-20-17(23)16-15(3)9-13-24-16;/h9,13-14H,5-8,10-12H2,1-4H3,(H,20,23)(H2,19,21,22);1H. The first-order valence-electron chi connectivity index (χ1n) is 8.81. The van der Waals surface area contributed by atoms with E-state index >= 15 is 0 Å². The third-order valence-electron chi connectivity index (χ3n) is 3.72. The number of carbonyl (C=O) groups excluding carboxylic acids is 1. The summed E-state index contributed by atoms with van der Waals surface area (Å²) in [5.74, 6) is 1.81. The average molecular weight is 464 g/mol. The second-order valence-corrected chi connectivity index (χ2v) is 6.36. The second-order valence-electron chi connectivity index (χ2n) is 6.36. The van der Waals surface area contributed by atoms with Crippen LogP contribution in [-0.2, 0) is 0 Å². The van der Waals surface area contributed by atoms with Gasteiger partial charge in [-0.2, -0.15) is 0 Å². The molecule has 144 valence electrons. The van der Waals surface area contributed by atoms with Crippen molar-refractivity contribution in [2.75, 3.05) is 26.7 Å². The molecule has 1 heterocycles. The number of halogens is 1. The molecule has 0 unspecified atom stereocenters. The lowest BCUT2D eigenvalue weighted by Crippen LogP contribution is -2.39. The van der Waals surface area contributed by atoms with Crippen LogP contribution in [0, 0.1) is 12.8 Å². The summed E-state index contributed by atoms with van der Waals surface area (Å²) in [5.41, 5.74) is 0.854. The van der Waals surface area contributed by atoms with Gasteiger partial charge in [0, 0.05) is 32.2 Å². The molecule has 1 aromatic rings. The molecule has 25 heavy (non-hydrogen) atoms. The predicted octanol–water partition coefficient (Wildman–Crippen LogP) is 3.32. The fraction of sp³-hybridized carbons (Fsp3) is 0.667. The van der Waals surface area contributed by atoms with Crippen LogP contribution in [0.1, 0.15) is 55.6 Å². The van der Waals surface area contributed by atoms with Gasteiger partial charge in [-0.05, 0) is 31.7 Å². The maximum atomic E-state index is 11.9. The molecule has 0 fully saturated rings. The first-order chi connectivity index (χ1) is 11.5. The zero-order chi connectivity index (χ0) is 17.8. The fourth-order valence-electron chi connectivity index (χ4n) is 2.29. The summed E-state index contributed by atoms with van der Waals surface area (Å²) in [6, 6.07) is 1.79. The molecule has 0 saturated carbocycles. The van der Waals surface area contributed by atoms with Gasteiger partial charge in [0.2, 0.25) is 0 Å². The lowest BCUT2D eigenvalue weighted by atomic mass is 10.1. The molecule has 0 bridgehead atoms. The van der Waals surface area contributed by atoms with Crippen LogP contribution in [0.3, 0.4) is 0 Å². The van der Waals surface area contributed by atoms with E-state index in [2.05, 4.69) is 34.8 Å². The molecule has 0 aromatic carbocycles. The Kier molecular flexibility index (Phi) is 13.3. The minimum atomic E-state index is -0.162. The highest BCUT2D eigenvalue weighted by Crippen LogP contribution is 2.07. The van der Waals surface area contributed by atoms with Crippen molar-refractivity contribution in [2.24, 2.45) is 10.9 Å². The quantitative estimate of drug-likeness (QED) is 0.215. The number of hydrogen-bond acceptors (Lipinski definition) is 3. The number of guanidine groups is 1. The van der Waals surface area contributed by atoms with Gasteiger partial charge < -0.3 is 20.4 Å². The van der Waals surface area contributed by atoms with Crippen LogP contribution in [0.25, 0.3) is 0 Å². The molecule has 0 aliphatic carbocycles. The molecule has 1 amide bonds. The molecule has 0 saturated heterocycles. The Balaban J connectivity index is 0.00000576. The molecule has 6 nitrogen and oxygen atoms in total. The van der Waals surface area contributed by atoms with Gasteiger partial charge in [0.25, 0.3) is 5.91 Å². The molecule has 0 atom stereocenters. The lowest BCUT2D eigenvalue weighted by Gasteiger charge is -2.12. The van der Waals surface area contributed by atoms with Crippen LogP contribution in [0.5, 0.6) is 0 Å². The zero-order valence-electron chi connectivity index (χ0n) is 15.9. The van der Waals surface area contributed by atoms with Gasteiger partial charge in [-0.15, -0.1) is 24.0 Å². The molecule has 0 aliphatic rings. The van der Waals surface area contributed by atoms with Gasteiger partial charge >= 0.3 is 0 Å². The number of furan rings is 1. The Labute approximate surface area is 168 Å². The smallest absolute Gasteiger partial charge is 0.287 e. The Morgan fingerprint density at radius 2 is 1.76 bits per heavy atom. The van der Waals surface area contributed by atoms with E-state index in [0.29, 0.717) is 12.3 Å². The van der Waals surface area contributed by atoms with Crippen LogP contribution in [0.15, 0.2) is 21.7 Å². The molecule has 0 radical (unpaired) electrons. The first-order valence-corrected chi connectivity index (χ1v) is 8.81. The molecule has 0 spiro atoms. The molecule has 3 N–H and O–H groups in total. The maximum Gasteiger partial charge on any atom is 0.287 e. The molecule has 1 aromatic heterocycles. The van der Waals surface area contributed by atoms with Crippen LogP contribution < -0.4 is 16.0 Å². The van der Waals surface area contributed by atoms with Gasteiger partial charge in [-0.1, -0.05) is 26.7 Å². The highest BCUT2D eigenvalue weighted by Gasteiger charge is 2.11. The number of aliphatic imine (C=N–C) groups is 1. The van der Waals surface area contributed by atoms with Crippen LogP contribution in [0.2, 0.25) is 0 Å². The normalized spacial score (nSPS) is 11.2. The van der Waals surface area contributed by atoms with E-state index in [1.165, 1.54) is 19.1 Å². The third-order valence-corrected chi connectivity index (χ3v) is 3.72. The summed E-state index contributed by atoms with van der Waals surface area (Å²) in [6.45, 7) is 8.64. The Hall–Kier alpha value is -1.25. The Morgan fingerprint density at radius 1 is 1.12 bits per heavy atom. The van der Waals surface area contributed by atoms with Crippen LogP contribution in [-0.4, -0.2) is 38.5 Å². The van der Waals surface area contributed by atoms with Crippen molar-refractivity contribution in [3.8, 4) is 0 Å². The number of carbonyl (C=O) groups is 1. The number of amides is 1. The monoisotopic (exact) mass is 464 g/mol. The second kappa shape index (κ2) is 14.0. The van der Waals surface area contributed by atoms with Gasteiger partial charge in [0.05, 0.1) is 6.26 Å². The average Bonchev–Trinajstić information content (AvgIpc) is 2.98. The minimum Gasteiger partial charge on any atom is -0.459 e. The lowest BCUT2D eigenvalue weighted by molar-refractivity contribution is 0.0925. The van der Waals surface area contributed by atoms with E-state index < -0.39 is 0 Å².